The molecule has 2 saturated heterocycles. The van der Waals surface area contributed by atoms with Gasteiger partial charge in [-0.15, -0.1) is 0 Å². The summed E-state index contributed by atoms with van der Waals surface area (Å²) in [5, 5.41) is 107. The molecule has 0 aromatic rings. The summed E-state index contributed by atoms with van der Waals surface area (Å²) in [7, 11) is 0. The van der Waals surface area contributed by atoms with Gasteiger partial charge in [-0.3, -0.25) is 0 Å². The third-order valence-corrected chi connectivity index (χ3v) is 17.4. The SMILES string of the molecule is C[C@H](CC[C@@H](O)C(C)(C)O[C@@H]1OC[C@@H](O)[C@@H](O)[C@H]1O)[C@H]1[C@@H](O)C[C@@]2(C)[C@@H]3[C@@H](O)C[C@H]4C(C)(C)[C@@H](O[C@@H]5O[C@H](CO)[C@H](O)[C@H](O)[C@H]5O)CC[C@@]45C[C@@]35CC[C@]12C. The maximum Gasteiger partial charge on any atom is 0.186 e. The molecule has 55 heavy (non-hydrogen) atoms. The van der Waals surface area contributed by atoms with Gasteiger partial charge in [0, 0.05) is 0 Å². The molecule has 7 aliphatic rings. The van der Waals surface area contributed by atoms with Crippen LogP contribution in [0, 0.1) is 50.7 Å². The maximum absolute atomic E-state index is 12.4. The molecule has 0 aromatic carbocycles. The van der Waals surface area contributed by atoms with E-state index in [0.717, 1.165) is 25.7 Å². The summed E-state index contributed by atoms with van der Waals surface area (Å²) < 4.78 is 23.6. The molecule has 7 rings (SSSR count). The average molecular weight is 787 g/mol. The van der Waals surface area contributed by atoms with Crippen LogP contribution >= 0.6 is 0 Å². The van der Waals surface area contributed by atoms with Gasteiger partial charge in [-0.25, -0.2) is 0 Å². The number of fused-ring (bicyclic) bond motifs is 2. The van der Waals surface area contributed by atoms with Gasteiger partial charge in [0.1, 0.15) is 42.7 Å². The maximum atomic E-state index is 12.4. The first-order valence-electron chi connectivity index (χ1n) is 20.9. The Morgan fingerprint density at radius 3 is 2.11 bits per heavy atom. The van der Waals surface area contributed by atoms with Gasteiger partial charge < -0.3 is 70.0 Å². The second-order valence-corrected chi connectivity index (χ2v) is 20.7. The van der Waals surface area contributed by atoms with Crippen LogP contribution in [-0.2, 0) is 18.9 Å². The monoisotopic (exact) mass is 786 g/mol. The Morgan fingerprint density at radius 1 is 0.764 bits per heavy atom. The number of hydrogen-bond donors (Lipinski definition) is 10. The minimum atomic E-state index is -1.52. The molecule has 7 fully saturated rings. The Balaban J connectivity index is 1.04. The van der Waals surface area contributed by atoms with E-state index in [9.17, 15) is 51.1 Å². The molecule has 14 nitrogen and oxygen atoms in total. The molecule has 14 heteroatoms. The van der Waals surface area contributed by atoms with Crippen LogP contribution in [0.1, 0.15) is 106 Å². The molecule has 2 spiro atoms. The van der Waals surface area contributed by atoms with E-state index in [1.165, 1.54) is 0 Å². The van der Waals surface area contributed by atoms with E-state index in [0.29, 0.717) is 32.1 Å². The zero-order chi connectivity index (χ0) is 40.4. The van der Waals surface area contributed by atoms with Crippen LogP contribution in [0.5, 0.6) is 0 Å². The van der Waals surface area contributed by atoms with Crippen molar-refractivity contribution in [2.24, 2.45) is 50.7 Å². The van der Waals surface area contributed by atoms with Crippen molar-refractivity contribution in [1.82, 2.24) is 0 Å². The standard InChI is InChI=1S/C41H70O14/c1-19(8-9-25(46)37(4,5)55-34-31(50)28(47)22(45)17-52-34)27-21(44)15-39(7)33-20(43)14-24-36(2,3)26(54-35-32(51)30(49)29(48)23(16-42)53-35)10-11-40(24)18-41(33,40)13-12-38(27,39)6/h19-35,42-51H,8-18H2,1-7H3/t19-,20+,21+,22-,23-,24+,25-,26+,27+,28-,29+,30+,31-,32-,33+,34+,35+,38-,39+,40-,41+/m1/s1. The van der Waals surface area contributed by atoms with Crippen LogP contribution in [0.3, 0.4) is 0 Å². The summed E-state index contributed by atoms with van der Waals surface area (Å²) in [6.07, 6.45) is -7.80. The number of aliphatic hydroxyl groups is 10. The lowest BCUT2D eigenvalue weighted by molar-refractivity contribution is -0.327. The first-order valence-corrected chi connectivity index (χ1v) is 20.9. The highest BCUT2D eigenvalue weighted by atomic mass is 16.7. The molecule has 0 unspecified atom stereocenters. The molecule has 0 amide bonds. The van der Waals surface area contributed by atoms with Crippen LogP contribution in [0.15, 0.2) is 0 Å². The lowest BCUT2D eigenvalue weighted by atomic mass is 9.41. The van der Waals surface area contributed by atoms with Gasteiger partial charge >= 0.3 is 0 Å². The zero-order valence-corrected chi connectivity index (χ0v) is 33.7. The molecule has 2 aliphatic heterocycles. The van der Waals surface area contributed by atoms with Crippen LogP contribution in [0.2, 0.25) is 0 Å². The molecule has 2 heterocycles. The van der Waals surface area contributed by atoms with Crippen LogP contribution < -0.4 is 0 Å². The number of hydrogen-bond acceptors (Lipinski definition) is 14. The second-order valence-electron chi connectivity index (χ2n) is 20.7. The Hall–Kier alpha value is -0.560. The predicted octanol–water partition coefficient (Wildman–Crippen LogP) is 0.564. The van der Waals surface area contributed by atoms with Crippen LogP contribution in [-0.4, -0.2) is 150 Å². The summed E-state index contributed by atoms with van der Waals surface area (Å²) in [4.78, 5) is 0. The quantitative estimate of drug-likeness (QED) is 0.136. The Kier molecular flexibility index (Phi) is 11.1. The van der Waals surface area contributed by atoms with Gasteiger partial charge in [0.15, 0.2) is 12.6 Å². The lowest BCUT2D eigenvalue weighted by Gasteiger charge is -2.64. The lowest BCUT2D eigenvalue weighted by Crippen LogP contribution is -2.63. The van der Waals surface area contributed by atoms with Crippen molar-refractivity contribution in [1.29, 1.82) is 0 Å². The highest BCUT2D eigenvalue weighted by molar-refractivity contribution is 5.32. The van der Waals surface area contributed by atoms with Gasteiger partial charge in [-0.1, -0.05) is 34.6 Å². The summed E-state index contributed by atoms with van der Waals surface area (Å²) in [5.41, 5.74) is -2.19. The van der Waals surface area contributed by atoms with E-state index in [1.54, 1.807) is 13.8 Å². The van der Waals surface area contributed by atoms with Crippen molar-refractivity contribution in [3.63, 3.8) is 0 Å². The molecular formula is C41H70O14. The molecule has 5 saturated carbocycles. The number of ether oxygens (including phenoxy) is 4. The topological polar surface area (TPSA) is 239 Å². The van der Waals surface area contributed by atoms with Crippen LogP contribution in [0.25, 0.3) is 0 Å². The fourth-order valence-electron chi connectivity index (χ4n) is 14.2. The normalized spacial score (nSPS) is 54.4. The third kappa shape index (κ3) is 6.25. The fraction of sp³-hybridized carbons (Fsp3) is 1.00. The second kappa shape index (κ2) is 14.3. The summed E-state index contributed by atoms with van der Waals surface area (Å²) in [6.45, 7) is 13.8. The molecule has 21 atom stereocenters. The van der Waals surface area contributed by atoms with E-state index < -0.39 is 91.2 Å². The minimum absolute atomic E-state index is 0.00802. The third-order valence-electron chi connectivity index (χ3n) is 17.4. The molecular weight excluding hydrogens is 716 g/mol. The Morgan fingerprint density at radius 2 is 1.44 bits per heavy atom. The van der Waals surface area contributed by atoms with Crippen molar-refractivity contribution < 1.29 is 70.0 Å². The molecule has 0 aromatic heterocycles. The highest BCUT2D eigenvalue weighted by Crippen LogP contribution is 2.89. The Bertz CT molecular complexity index is 1400. The zero-order valence-electron chi connectivity index (χ0n) is 33.7. The van der Waals surface area contributed by atoms with E-state index in [2.05, 4.69) is 34.6 Å². The van der Waals surface area contributed by atoms with Crippen LogP contribution in [0.4, 0.5) is 0 Å². The van der Waals surface area contributed by atoms with Gasteiger partial charge in [-0.05, 0) is 122 Å². The average Bonchev–Trinajstić information content (AvgIpc) is 3.71. The summed E-state index contributed by atoms with van der Waals surface area (Å²) in [6, 6.07) is 0. The van der Waals surface area contributed by atoms with Gasteiger partial charge in [0.25, 0.3) is 0 Å². The van der Waals surface area contributed by atoms with Crippen molar-refractivity contribution in [2.45, 2.75) is 192 Å². The number of rotatable bonds is 10. The van der Waals surface area contributed by atoms with Crippen molar-refractivity contribution >= 4 is 0 Å². The minimum Gasteiger partial charge on any atom is -0.394 e. The van der Waals surface area contributed by atoms with Gasteiger partial charge in [0.2, 0.25) is 0 Å². The van der Waals surface area contributed by atoms with Gasteiger partial charge in [-0.2, -0.15) is 0 Å². The molecule has 5 aliphatic carbocycles. The van der Waals surface area contributed by atoms with E-state index in [4.69, 9.17) is 18.9 Å². The molecule has 318 valence electrons. The largest absolute Gasteiger partial charge is 0.394 e. The summed E-state index contributed by atoms with van der Waals surface area (Å²) in [5.74, 6) is 0.133. The van der Waals surface area contributed by atoms with Gasteiger partial charge in [0.05, 0.1) is 43.2 Å². The van der Waals surface area contributed by atoms with E-state index in [1.807, 2.05) is 0 Å². The Labute approximate surface area is 325 Å². The predicted molar refractivity (Wildman–Crippen MR) is 196 cm³/mol. The first kappa shape index (κ1) is 42.6. The van der Waals surface area contributed by atoms with Crippen molar-refractivity contribution in [2.75, 3.05) is 13.2 Å². The highest BCUT2D eigenvalue weighted by Gasteiger charge is 2.84. The van der Waals surface area contributed by atoms with Crippen molar-refractivity contribution in [3.8, 4) is 0 Å². The van der Waals surface area contributed by atoms with E-state index in [-0.39, 0.29) is 58.0 Å². The van der Waals surface area contributed by atoms with Crippen molar-refractivity contribution in [3.05, 3.63) is 0 Å². The fourth-order valence-corrected chi connectivity index (χ4v) is 14.2. The molecule has 0 radical (unpaired) electrons. The number of aliphatic hydroxyl groups excluding tert-OH is 10. The molecule has 0 bridgehead atoms. The summed E-state index contributed by atoms with van der Waals surface area (Å²) >= 11 is 0. The first-order chi connectivity index (χ1) is 25.5. The molecule has 10 N–H and O–H groups in total. The smallest absolute Gasteiger partial charge is 0.186 e. The van der Waals surface area contributed by atoms with E-state index >= 15 is 0 Å².